The minimum Gasteiger partial charge on any atom is -0.366 e. The standard InChI is InChI=1S/C19H31N5O3S2/c1-12(2)23-29(26,27)17-10-14(22-18(20)25)4-5-15(17)16-11-21-19(28-16)24-8-6-13(3)7-9-24/h5,10-14,18,22-23,25H,4,6-9,20H2,1-3H3. The molecule has 0 amide bonds. The van der Waals surface area contributed by atoms with Crippen molar-refractivity contribution in [3.8, 4) is 0 Å². The fraction of sp³-hybridized carbons (Fsp3) is 0.632. The van der Waals surface area contributed by atoms with E-state index < -0.39 is 16.4 Å². The van der Waals surface area contributed by atoms with Crippen LogP contribution in [0.4, 0.5) is 5.13 Å². The van der Waals surface area contributed by atoms with Gasteiger partial charge in [-0.2, -0.15) is 0 Å². The smallest absolute Gasteiger partial charge is 0.241 e. The molecule has 8 nitrogen and oxygen atoms in total. The number of nitrogens with zero attached hydrogens (tertiary/aromatic N) is 2. The Balaban J connectivity index is 1.88. The van der Waals surface area contributed by atoms with E-state index in [1.54, 1.807) is 26.1 Å². The first kappa shape index (κ1) is 22.4. The predicted molar refractivity (Wildman–Crippen MR) is 118 cm³/mol. The van der Waals surface area contributed by atoms with Crippen LogP contribution in [0.3, 0.4) is 0 Å². The van der Waals surface area contributed by atoms with Crippen LogP contribution >= 0.6 is 11.3 Å². The Morgan fingerprint density at radius 2 is 2.03 bits per heavy atom. The summed E-state index contributed by atoms with van der Waals surface area (Å²) >= 11 is 1.52. The van der Waals surface area contributed by atoms with Crippen LogP contribution in [0, 0.1) is 5.92 Å². The maximum atomic E-state index is 13.0. The largest absolute Gasteiger partial charge is 0.366 e. The summed E-state index contributed by atoms with van der Waals surface area (Å²) in [5.74, 6) is 0.732. The van der Waals surface area contributed by atoms with Crippen LogP contribution < -0.4 is 20.7 Å². The molecule has 3 rings (SSSR count). The lowest BCUT2D eigenvalue weighted by molar-refractivity contribution is 0.136. The van der Waals surface area contributed by atoms with Gasteiger partial charge < -0.3 is 10.0 Å². The summed E-state index contributed by atoms with van der Waals surface area (Å²) in [6.45, 7) is 7.79. The summed E-state index contributed by atoms with van der Waals surface area (Å²) in [7, 11) is -3.73. The van der Waals surface area contributed by atoms with Gasteiger partial charge in [0.1, 0.15) is 0 Å². The molecule has 1 aliphatic carbocycles. The average molecular weight is 442 g/mol. The molecule has 1 fully saturated rings. The van der Waals surface area contributed by atoms with Gasteiger partial charge in [0, 0.05) is 36.9 Å². The molecule has 0 radical (unpaired) electrons. The van der Waals surface area contributed by atoms with Gasteiger partial charge in [-0.15, -0.1) is 0 Å². The molecule has 29 heavy (non-hydrogen) atoms. The van der Waals surface area contributed by atoms with Crippen molar-refractivity contribution < 1.29 is 13.5 Å². The molecule has 0 spiro atoms. The van der Waals surface area contributed by atoms with Crippen LogP contribution in [0.15, 0.2) is 23.3 Å². The Morgan fingerprint density at radius 3 is 2.66 bits per heavy atom. The second kappa shape index (κ2) is 9.23. The highest BCUT2D eigenvalue weighted by atomic mass is 32.2. The van der Waals surface area contributed by atoms with Gasteiger partial charge in [-0.1, -0.05) is 24.3 Å². The van der Waals surface area contributed by atoms with E-state index in [1.165, 1.54) is 11.3 Å². The second-order valence-electron chi connectivity index (χ2n) is 8.06. The number of nitrogens with two attached hydrogens (primary N) is 1. The zero-order chi connectivity index (χ0) is 21.2. The lowest BCUT2D eigenvalue weighted by Crippen LogP contribution is -2.44. The summed E-state index contributed by atoms with van der Waals surface area (Å²) in [5.41, 5.74) is 6.07. The molecule has 2 atom stereocenters. The molecular weight excluding hydrogens is 410 g/mol. The third kappa shape index (κ3) is 5.65. The first-order chi connectivity index (χ1) is 13.7. The highest BCUT2D eigenvalue weighted by Crippen LogP contribution is 2.37. The van der Waals surface area contributed by atoms with E-state index in [0.717, 1.165) is 41.9 Å². The highest BCUT2D eigenvalue weighted by Gasteiger charge is 2.29. The van der Waals surface area contributed by atoms with Crippen molar-refractivity contribution in [3.05, 3.63) is 28.1 Å². The summed E-state index contributed by atoms with van der Waals surface area (Å²) in [6.07, 6.45) is 6.86. The lowest BCUT2D eigenvalue weighted by atomic mass is 10.00. The number of hydrogen-bond donors (Lipinski definition) is 4. The monoisotopic (exact) mass is 441 g/mol. The number of anilines is 1. The van der Waals surface area contributed by atoms with E-state index in [2.05, 4.69) is 26.8 Å². The quantitative estimate of drug-likeness (QED) is 0.474. The zero-order valence-electron chi connectivity index (χ0n) is 17.1. The predicted octanol–water partition coefficient (Wildman–Crippen LogP) is 1.57. The van der Waals surface area contributed by atoms with Crippen molar-refractivity contribution in [1.29, 1.82) is 0 Å². The maximum absolute atomic E-state index is 13.0. The molecule has 1 saturated heterocycles. The number of nitrogens with one attached hydrogen (secondary N) is 2. The molecule has 1 aromatic heterocycles. The van der Waals surface area contributed by atoms with Gasteiger partial charge in [-0.25, -0.2) is 18.1 Å². The van der Waals surface area contributed by atoms with Crippen LogP contribution in [0.1, 0.15) is 44.9 Å². The number of aliphatic hydroxyl groups is 1. The molecular formula is C19H31N5O3S2. The Labute approximate surface area is 176 Å². The first-order valence-electron chi connectivity index (χ1n) is 10.0. The highest BCUT2D eigenvalue weighted by molar-refractivity contribution is 7.94. The van der Waals surface area contributed by atoms with E-state index in [9.17, 15) is 13.5 Å². The second-order valence-corrected chi connectivity index (χ2v) is 10.7. The fourth-order valence-corrected chi connectivity index (χ4v) is 6.25. The van der Waals surface area contributed by atoms with Crippen molar-refractivity contribution in [2.45, 2.75) is 58.5 Å². The van der Waals surface area contributed by atoms with Crippen molar-refractivity contribution >= 4 is 32.1 Å². The summed E-state index contributed by atoms with van der Waals surface area (Å²) in [6, 6.07) is -0.601. The Hall–Kier alpha value is -1.30. The topological polar surface area (TPSA) is 121 Å². The Kier molecular flexibility index (Phi) is 7.13. The van der Waals surface area contributed by atoms with Gasteiger partial charge >= 0.3 is 0 Å². The summed E-state index contributed by atoms with van der Waals surface area (Å²) in [4.78, 5) is 7.86. The number of aromatic nitrogens is 1. The van der Waals surface area contributed by atoms with Crippen LogP contribution in [0.25, 0.3) is 5.57 Å². The Bertz CT molecular complexity index is 868. The third-order valence-corrected chi connectivity index (χ3v) is 7.88. The van der Waals surface area contributed by atoms with E-state index in [-0.39, 0.29) is 17.0 Å². The van der Waals surface area contributed by atoms with Gasteiger partial charge in [0.2, 0.25) is 10.0 Å². The normalized spacial score (nSPS) is 22.6. The minimum atomic E-state index is -3.73. The van der Waals surface area contributed by atoms with Crippen molar-refractivity contribution in [1.82, 2.24) is 15.0 Å². The molecule has 162 valence electrons. The zero-order valence-corrected chi connectivity index (χ0v) is 18.8. The summed E-state index contributed by atoms with van der Waals surface area (Å²) < 4.78 is 28.6. The van der Waals surface area contributed by atoms with Crippen molar-refractivity contribution in [3.63, 3.8) is 0 Å². The van der Waals surface area contributed by atoms with Gasteiger partial charge in [0.15, 0.2) is 11.5 Å². The van der Waals surface area contributed by atoms with Crippen LogP contribution in [-0.2, 0) is 10.0 Å². The van der Waals surface area contributed by atoms with Crippen molar-refractivity contribution in [2.24, 2.45) is 11.7 Å². The van der Waals surface area contributed by atoms with Gasteiger partial charge in [-0.3, -0.25) is 11.1 Å². The molecule has 0 aromatic carbocycles. The SMILES string of the molecule is CC1CCN(c2ncc(C3=CCC(NC(N)O)C=C3S(=O)(=O)NC(C)C)s2)CC1. The maximum Gasteiger partial charge on any atom is 0.241 e. The summed E-state index contributed by atoms with van der Waals surface area (Å²) in [5, 5.41) is 13.1. The van der Waals surface area contributed by atoms with Gasteiger partial charge in [-0.05, 0) is 45.1 Å². The van der Waals surface area contributed by atoms with E-state index in [0.29, 0.717) is 12.0 Å². The van der Waals surface area contributed by atoms with E-state index >= 15 is 0 Å². The van der Waals surface area contributed by atoms with E-state index in [1.807, 2.05) is 6.08 Å². The van der Waals surface area contributed by atoms with Crippen LogP contribution in [0.2, 0.25) is 0 Å². The van der Waals surface area contributed by atoms with Crippen molar-refractivity contribution in [2.75, 3.05) is 18.0 Å². The number of piperidine rings is 1. The number of aliphatic hydroxyl groups excluding tert-OH is 1. The number of allylic oxidation sites excluding steroid dienone is 1. The molecule has 10 heteroatoms. The van der Waals surface area contributed by atoms with Gasteiger partial charge in [0.05, 0.1) is 9.78 Å². The number of thiazole rings is 1. The number of rotatable bonds is 7. The number of hydrogen-bond acceptors (Lipinski definition) is 8. The number of sulfonamides is 1. The molecule has 2 aliphatic rings. The lowest BCUT2D eigenvalue weighted by Gasteiger charge is -2.29. The molecule has 5 N–H and O–H groups in total. The molecule has 1 aliphatic heterocycles. The van der Waals surface area contributed by atoms with E-state index in [4.69, 9.17) is 5.73 Å². The van der Waals surface area contributed by atoms with Crippen LogP contribution in [-0.4, -0.2) is 50.0 Å². The van der Waals surface area contributed by atoms with Crippen LogP contribution in [0.5, 0.6) is 0 Å². The minimum absolute atomic E-state index is 0.193. The molecule has 0 saturated carbocycles. The average Bonchev–Trinajstić information content (AvgIpc) is 3.10. The molecule has 1 aromatic rings. The van der Waals surface area contributed by atoms with Gasteiger partial charge in [0.25, 0.3) is 0 Å². The molecule has 0 bridgehead atoms. The third-order valence-electron chi connectivity index (χ3n) is 5.07. The Morgan fingerprint density at radius 1 is 1.34 bits per heavy atom. The fourth-order valence-electron chi connectivity index (χ4n) is 3.59. The molecule has 2 unspecified atom stereocenters. The first-order valence-corrected chi connectivity index (χ1v) is 12.3. The molecule has 2 heterocycles.